The molecule has 2 rings (SSSR count). The van der Waals surface area contributed by atoms with Crippen LogP contribution in [0.3, 0.4) is 0 Å². The molecule has 0 saturated carbocycles. The molecule has 0 aromatic heterocycles. The van der Waals surface area contributed by atoms with E-state index in [4.69, 9.17) is 10.5 Å². The molecule has 20 heavy (non-hydrogen) atoms. The lowest BCUT2D eigenvalue weighted by molar-refractivity contribution is -0.0858. The fourth-order valence-electron chi connectivity index (χ4n) is 2.58. The molecule has 0 bridgehead atoms. The Hall–Kier alpha value is -1.43. The first-order valence-corrected chi connectivity index (χ1v) is 6.99. The van der Waals surface area contributed by atoms with Crippen LogP contribution in [-0.2, 0) is 11.2 Å². The van der Waals surface area contributed by atoms with Gasteiger partial charge in [-0.25, -0.2) is 0 Å². The standard InChI is InChI=1S/C15H22N2O3/c1-11-8-17(9-13(10-18)20-11)15(19)14-5-3-2-4-12(14)6-7-16/h2-5,11,13,18H,6-10,16H2,1H3. The zero-order valence-electron chi connectivity index (χ0n) is 11.8. The molecule has 110 valence electrons. The van der Waals surface area contributed by atoms with Crippen LogP contribution in [0.1, 0.15) is 22.8 Å². The van der Waals surface area contributed by atoms with Gasteiger partial charge in [0.25, 0.3) is 5.91 Å². The summed E-state index contributed by atoms with van der Waals surface area (Å²) in [5.74, 6) is -0.0114. The lowest BCUT2D eigenvalue weighted by Crippen LogP contribution is -2.50. The van der Waals surface area contributed by atoms with Gasteiger partial charge in [-0.05, 0) is 31.5 Å². The van der Waals surface area contributed by atoms with Crippen molar-refractivity contribution < 1.29 is 14.6 Å². The molecular formula is C15H22N2O3. The fraction of sp³-hybridized carbons (Fsp3) is 0.533. The quantitative estimate of drug-likeness (QED) is 0.836. The smallest absolute Gasteiger partial charge is 0.254 e. The van der Waals surface area contributed by atoms with Crippen molar-refractivity contribution in [2.45, 2.75) is 25.6 Å². The number of carbonyl (C=O) groups excluding carboxylic acids is 1. The number of ether oxygens (including phenoxy) is 1. The third-order valence-corrected chi connectivity index (χ3v) is 3.48. The van der Waals surface area contributed by atoms with Gasteiger partial charge in [0, 0.05) is 18.7 Å². The molecule has 1 saturated heterocycles. The number of hydrogen-bond acceptors (Lipinski definition) is 4. The van der Waals surface area contributed by atoms with Gasteiger partial charge >= 0.3 is 0 Å². The van der Waals surface area contributed by atoms with E-state index in [1.54, 1.807) is 4.90 Å². The van der Waals surface area contributed by atoms with Crippen molar-refractivity contribution in [3.05, 3.63) is 35.4 Å². The van der Waals surface area contributed by atoms with Crippen molar-refractivity contribution in [1.82, 2.24) is 4.90 Å². The summed E-state index contributed by atoms with van der Waals surface area (Å²) in [4.78, 5) is 14.4. The average molecular weight is 278 g/mol. The first-order valence-electron chi connectivity index (χ1n) is 6.99. The third kappa shape index (κ3) is 3.36. The minimum atomic E-state index is -0.302. The van der Waals surface area contributed by atoms with Crippen LogP contribution < -0.4 is 5.73 Å². The molecule has 3 N–H and O–H groups in total. The Bertz CT molecular complexity index is 464. The summed E-state index contributed by atoms with van der Waals surface area (Å²) in [7, 11) is 0. The van der Waals surface area contributed by atoms with E-state index in [1.165, 1.54) is 0 Å². The van der Waals surface area contributed by atoms with Crippen LogP contribution in [-0.4, -0.2) is 54.4 Å². The Morgan fingerprint density at radius 1 is 1.45 bits per heavy atom. The zero-order chi connectivity index (χ0) is 14.5. The van der Waals surface area contributed by atoms with Crippen molar-refractivity contribution in [2.24, 2.45) is 5.73 Å². The zero-order valence-corrected chi connectivity index (χ0v) is 11.8. The molecule has 5 heteroatoms. The van der Waals surface area contributed by atoms with Gasteiger partial charge in [0.05, 0.1) is 18.8 Å². The molecule has 1 aromatic carbocycles. The summed E-state index contributed by atoms with van der Waals surface area (Å²) in [5.41, 5.74) is 7.27. The van der Waals surface area contributed by atoms with E-state index in [1.807, 2.05) is 31.2 Å². The normalized spacial score (nSPS) is 22.9. The van der Waals surface area contributed by atoms with Crippen LogP contribution in [0.15, 0.2) is 24.3 Å². The number of aliphatic hydroxyl groups is 1. The monoisotopic (exact) mass is 278 g/mol. The molecule has 2 unspecified atom stereocenters. The lowest BCUT2D eigenvalue weighted by atomic mass is 10.0. The van der Waals surface area contributed by atoms with Crippen LogP contribution in [0.25, 0.3) is 0 Å². The van der Waals surface area contributed by atoms with Crippen molar-refractivity contribution in [3.63, 3.8) is 0 Å². The molecule has 1 aliphatic heterocycles. The Kier molecular flexibility index (Phi) is 5.11. The number of benzene rings is 1. The maximum Gasteiger partial charge on any atom is 0.254 e. The second-order valence-electron chi connectivity index (χ2n) is 5.16. The molecule has 1 amide bonds. The minimum Gasteiger partial charge on any atom is -0.394 e. The minimum absolute atomic E-state index is 0.0114. The maximum atomic E-state index is 12.7. The van der Waals surface area contributed by atoms with E-state index in [9.17, 15) is 9.90 Å². The molecule has 1 heterocycles. The van der Waals surface area contributed by atoms with Gasteiger partial charge in [-0.3, -0.25) is 4.79 Å². The van der Waals surface area contributed by atoms with E-state index in [0.29, 0.717) is 31.6 Å². The van der Waals surface area contributed by atoms with Crippen LogP contribution in [0.4, 0.5) is 0 Å². The average Bonchev–Trinajstić information content (AvgIpc) is 2.46. The number of nitrogens with two attached hydrogens (primary N) is 1. The highest BCUT2D eigenvalue weighted by molar-refractivity contribution is 5.95. The summed E-state index contributed by atoms with van der Waals surface area (Å²) < 4.78 is 5.57. The Balaban J connectivity index is 2.18. The van der Waals surface area contributed by atoms with Crippen molar-refractivity contribution in [3.8, 4) is 0 Å². The van der Waals surface area contributed by atoms with Crippen LogP contribution >= 0.6 is 0 Å². The number of morpholine rings is 1. The molecular weight excluding hydrogens is 256 g/mol. The molecule has 0 aliphatic carbocycles. The van der Waals surface area contributed by atoms with E-state index in [2.05, 4.69) is 0 Å². The van der Waals surface area contributed by atoms with Gasteiger partial charge in [-0.2, -0.15) is 0 Å². The fourth-order valence-corrected chi connectivity index (χ4v) is 2.58. The molecule has 2 atom stereocenters. The molecule has 0 radical (unpaired) electrons. The summed E-state index contributed by atoms with van der Waals surface area (Å²) in [6, 6.07) is 7.55. The second-order valence-corrected chi connectivity index (χ2v) is 5.16. The van der Waals surface area contributed by atoms with Gasteiger partial charge in [0.1, 0.15) is 0 Å². The number of nitrogens with zero attached hydrogens (tertiary/aromatic N) is 1. The number of aliphatic hydroxyl groups excluding tert-OH is 1. The third-order valence-electron chi connectivity index (χ3n) is 3.48. The van der Waals surface area contributed by atoms with Crippen LogP contribution in [0, 0.1) is 0 Å². The van der Waals surface area contributed by atoms with Gasteiger partial charge in [0.15, 0.2) is 0 Å². The van der Waals surface area contributed by atoms with Gasteiger partial charge in [-0.15, -0.1) is 0 Å². The molecule has 1 fully saturated rings. The second kappa shape index (κ2) is 6.83. The Morgan fingerprint density at radius 2 is 2.20 bits per heavy atom. The lowest BCUT2D eigenvalue weighted by Gasteiger charge is -2.36. The van der Waals surface area contributed by atoms with Crippen LogP contribution in [0.2, 0.25) is 0 Å². The van der Waals surface area contributed by atoms with Crippen LogP contribution in [0.5, 0.6) is 0 Å². The number of rotatable bonds is 4. The van der Waals surface area contributed by atoms with Crippen molar-refractivity contribution in [1.29, 1.82) is 0 Å². The first kappa shape index (κ1) is 15.0. The van der Waals surface area contributed by atoms with Gasteiger partial charge < -0.3 is 20.5 Å². The summed E-state index contributed by atoms with van der Waals surface area (Å²) in [5, 5.41) is 9.24. The Labute approximate surface area is 119 Å². The number of amides is 1. The predicted octanol–water partition coefficient (Wildman–Crippen LogP) is 0.410. The number of hydrogen-bond donors (Lipinski definition) is 2. The topological polar surface area (TPSA) is 75.8 Å². The summed E-state index contributed by atoms with van der Waals surface area (Å²) >= 11 is 0. The highest BCUT2D eigenvalue weighted by Gasteiger charge is 2.29. The van der Waals surface area contributed by atoms with Crippen molar-refractivity contribution >= 4 is 5.91 Å². The molecule has 1 aromatic rings. The van der Waals surface area contributed by atoms with E-state index < -0.39 is 0 Å². The molecule has 1 aliphatic rings. The predicted molar refractivity (Wildman–Crippen MR) is 76.5 cm³/mol. The molecule has 0 spiro atoms. The van der Waals surface area contributed by atoms with E-state index in [-0.39, 0.29) is 24.7 Å². The SMILES string of the molecule is CC1CN(C(=O)c2ccccc2CCN)CC(CO)O1. The van der Waals surface area contributed by atoms with Crippen molar-refractivity contribution in [2.75, 3.05) is 26.2 Å². The number of carbonyl (C=O) groups is 1. The highest BCUT2D eigenvalue weighted by Crippen LogP contribution is 2.17. The van der Waals surface area contributed by atoms with Gasteiger partial charge in [0.2, 0.25) is 0 Å². The largest absolute Gasteiger partial charge is 0.394 e. The maximum absolute atomic E-state index is 12.7. The summed E-state index contributed by atoms with van der Waals surface area (Å²) in [6.45, 7) is 3.33. The summed E-state index contributed by atoms with van der Waals surface area (Å²) in [6.07, 6.45) is 0.321. The van der Waals surface area contributed by atoms with E-state index in [0.717, 1.165) is 5.56 Å². The van der Waals surface area contributed by atoms with E-state index >= 15 is 0 Å². The Morgan fingerprint density at radius 3 is 2.90 bits per heavy atom. The first-order chi connectivity index (χ1) is 9.65. The molecule has 5 nitrogen and oxygen atoms in total. The highest BCUT2D eigenvalue weighted by atomic mass is 16.5. The van der Waals surface area contributed by atoms with Gasteiger partial charge in [-0.1, -0.05) is 18.2 Å².